The number of allylic oxidation sites excluding steroid dienone is 1. The van der Waals surface area contributed by atoms with Gasteiger partial charge in [0.2, 0.25) is 0 Å². The van der Waals surface area contributed by atoms with Gasteiger partial charge in [0.05, 0.1) is 17.6 Å². The summed E-state index contributed by atoms with van der Waals surface area (Å²) in [4.78, 5) is 37.6. The Balaban J connectivity index is 1.80. The molecular formula is C24H27N3O4. The molecule has 0 radical (unpaired) electrons. The molecular weight excluding hydrogens is 394 g/mol. The van der Waals surface area contributed by atoms with E-state index in [-0.39, 0.29) is 19.0 Å². The Hall–Kier alpha value is -3.45. The molecule has 0 bridgehead atoms. The lowest BCUT2D eigenvalue weighted by Crippen LogP contribution is -2.41. The number of ether oxygens (including phenoxy) is 1. The van der Waals surface area contributed by atoms with Crippen molar-refractivity contribution in [3.05, 3.63) is 93.0 Å². The number of carbonyl (C=O) groups excluding carboxylic acids is 1. The van der Waals surface area contributed by atoms with Gasteiger partial charge in [-0.25, -0.2) is 0 Å². The molecule has 0 aliphatic carbocycles. The molecule has 1 N–H and O–H groups in total. The van der Waals surface area contributed by atoms with Crippen LogP contribution >= 0.6 is 0 Å². The van der Waals surface area contributed by atoms with E-state index in [0.29, 0.717) is 36.4 Å². The first-order valence-electron chi connectivity index (χ1n) is 10.3. The third kappa shape index (κ3) is 5.19. The van der Waals surface area contributed by atoms with Crippen molar-refractivity contribution in [3.63, 3.8) is 0 Å². The summed E-state index contributed by atoms with van der Waals surface area (Å²) in [6, 6.07) is 14.3. The van der Waals surface area contributed by atoms with Crippen molar-refractivity contribution < 1.29 is 9.53 Å². The van der Waals surface area contributed by atoms with Gasteiger partial charge in [-0.05, 0) is 43.2 Å². The minimum absolute atomic E-state index is 0.155. The number of rotatable bonds is 10. The van der Waals surface area contributed by atoms with Gasteiger partial charge in [0.1, 0.15) is 0 Å². The van der Waals surface area contributed by atoms with Crippen LogP contribution in [0.15, 0.2) is 70.8 Å². The van der Waals surface area contributed by atoms with Crippen LogP contribution in [-0.2, 0) is 17.8 Å². The van der Waals surface area contributed by atoms with Crippen LogP contribution in [0.1, 0.15) is 29.3 Å². The normalized spacial score (nSPS) is 10.9. The monoisotopic (exact) mass is 421 g/mol. The van der Waals surface area contributed by atoms with E-state index in [1.54, 1.807) is 30.3 Å². The van der Waals surface area contributed by atoms with Gasteiger partial charge in [-0.2, -0.15) is 0 Å². The van der Waals surface area contributed by atoms with E-state index in [4.69, 9.17) is 4.74 Å². The Labute approximate surface area is 180 Å². The number of aromatic nitrogens is 2. The van der Waals surface area contributed by atoms with E-state index in [0.717, 1.165) is 12.0 Å². The maximum absolute atomic E-state index is 12.8. The molecule has 0 unspecified atom stereocenters. The topological polar surface area (TPSA) is 82.3 Å². The van der Waals surface area contributed by atoms with Crippen LogP contribution < -0.4 is 16.4 Å². The molecule has 0 spiro atoms. The molecule has 1 aromatic heterocycles. The van der Waals surface area contributed by atoms with Gasteiger partial charge in [0, 0.05) is 31.9 Å². The van der Waals surface area contributed by atoms with E-state index in [1.807, 2.05) is 31.2 Å². The van der Waals surface area contributed by atoms with Gasteiger partial charge in [-0.3, -0.25) is 23.5 Å². The van der Waals surface area contributed by atoms with E-state index in [1.165, 1.54) is 9.13 Å². The van der Waals surface area contributed by atoms with Crippen LogP contribution in [0.5, 0.6) is 0 Å². The predicted molar refractivity (Wildman–Crippen MR) is 122 cm³/mol. The van der Waals surface area contributed by atoms with Crippen molar-refractivity contribution in [3.8, 4) is 0 Å². The van der Waals surface area contributed by atoms with Crippen molar-refractivity contribution in [2.24, 2.45) is 0 Å². The second-order valence-corrected chi connectivity index (χ2v) is 7.09. The Bertz CT molecular complexity index is 1180. The highest BCUT2D eigenvalue weighted by Crippen LogP contribution is 2.13. The Morgan fingerprint density at radius 3 is 2.32 bits per heavy atom. The minimum Gasteiger partial charge on any atom is -0.382 e. The van der Waals surface area contributed by atoms with Gasteiger partial charge in [0.25, 0.3) is 5.91 Å². The molecule has 31 heavy (non-hydrogen) atoms. The lowest BCUT2D eigenvalue weighted by Gasteiger charge is -2.14. The van der Waals surface area contributed by atoms with Crippen molar-refractivity contribution in [1.82, 2.24) is 14.5 Å². The molecule has 1 heterocycles. The van der Waals surface area contributed by atoms with Crippen LogP contribution in [0.25, 0.3) is 11.0 Å². The lowest BCUT2D eigenvalue weighted by atomic mass is 10.1. The largest absolute Gasteiger partial charge is 0.382 e. The van der Waals surface area contributed by atoms with E-state index in [9.17, 15) is 14.4 Å². The van der Waals surface area contributed by atoms with Crippen molar-refractivity contribution >= 4 is 16.9 Å². The zero-order valence-corrected chi connectivity index (χ0v) is 17.7. The fourth-order valence-electron chi connectivity index (χ4n) is 3.40. The summed E-state index contributed by atoms with van der Waals surface area (Å²) in [5.41, 5.74) is 1.54. The number of nitrogens with zero attached hydrogens (tertiary/aromatic N) is 2. The number of amides is 1. The highest BCUT2D eigenvalue weighted by atomic mass is 16.5. The smallest absolute Gasteiger partial charge is 0.317 e. The van der Waals surface area contributed by atoms with E-state index >= 15 is 0 Å². The predicted octanol–water partition coefficient (Wildman–Crippen LogP) is 2.55. The summed E-state index contributed by atoms with van der Waals surface area (Å²) >= 11 is 0. The van der Waals surface area contributed by atoms with E-state index in [2.05, 4.69) is 11.9 Å². The summed E-state index contributed by atoms with van der Waals surface area (Å²) in [6.07, 6.45) is 2.35. The quantitative estimate of drug-likeness (QED) is 0.310. The fourth-order valence-corrected chi connectivity index (χ4v) is 3.40. The molecule has 3 aromatic rings. The maximum atomic E-state index is 12.8. The summed E-state index contributed by atoms with van der Waals surface area (Å²) in [6.45, 7) is 7.93. The molecule has 0 saturated heterocycles. The zero-order chi connectivity index (χ0) is 22.2. The molecule has 1 amide bonds. The second kappa shape index (κ2) is 10.5. The van der Waals surface area contributed by atoms with Crippen molar-refractivity contribution in [2.45, 2.75) is 26.4 Å². The molecule has 162 valence electrons. The SMILES string of the molecule is C=CCn1c(=O)c(=O)n(Cc2ccc(C(=O)NCCCOCC)cc2)c2ccccc21. The van der Waals surface area contributed by atoms with Crippen LogP contribution in [0.2, 0.25) is 0 Å². The third-order valence-electron chi connectivity index (χ3n) is 4.96. The second-order valence-electron chi connectivity index (χ2n) is 7.09. The van der Waals surface area contributed by atoms with Gasteiger partial charge in [-0.15, -0.1) is 6.58 Å². The summed E-state index contributed by atoms with van der Waals surface area (Å²) < 4.78 is 8.16. The van der Waals surface area contributed by atoms with Crippen LogP contribution in [0.3, 0.4) is 0 Å². The molecule has 7 nitrogen and oxygen atoms in total. The molecule has 0 aliphatic rings. The highest BCUT2D eigenvalue weighted by molar-refractivity contribution is 5.94. The average Bonchev–Trinajstić information content (AvgIpc) is 2.79. The Morgan fingerprint density at radius 2 is 1.68 bits per heavy atom. The molecule has 0 fully saturated rings. The highest BCUT2D eigenvalue weighted by Gasteiger charge is 2.13. The number of hydrogen-bond donors (Lipinski definition) is 1. The van der Waals surface area contributed by atoms with Crippen molar-refractivity contribution in [1.29, 1.82) is 0 Å². The molecule has 0 aliphatic heterocycles. The van der Waals surface area contributed by atoms with Gasteiger partial charge in [0.15, 0.2) is 0 Å². The minimum atomic E-state index is -0.586. The van der Waals surface area contributed by atoms with Gasteiger partial charge < -0.3 is 10.1 Å². The maximum Gasteiger partial charge on any atom is 0.317 e. The molecule has 7 heteroatoms. The zero-order valence-electron chi connectivity index (χ0n) is 17.7. The fraction of sp³-hybridized carbons (Fsp3) is 0.292. The van der Waals surface area contributed by atoms with Crippen LogP contribution in [-0.4, -0.2) is 34.8 Å². The number of nitrogens with one attached hydrogen (secondary N) is 1. The molecule has 0 saturated carbocycles. The standard InChI is InChI=1S/C24H27N3O4/c1-3-15-26-20-8-5-6-9-21(20)27(24(30)23(26)29)17-18-10-12-19(13-11-18)22(28)25-14-7-16-31-4-2/h3,5-6,8-13H,1,4,7,14-17H2,2H3,(H,25,28). The third-order valence-corrected chi connectivity index (χ3v) is 4.96. The van der Waals surface area contributed by atoms with Gasteiger partial charge >= 0.3 is 11.1 Å². The number of fused-ring (bicyclic) bond motifs is 1. The van der Waals surface area contributed by atoms with Gasteiger partial charge in [-0.1, -0.05) is 30.3 Å². The molecule has 0 atom stereocenters. The lowest BCUT2D eigenvalue weighted by molar-refractivity contribution is 0.0944. The Morgan fingerprint density at radius 1 is 1.03 bits per heavy atom. The van der Waals surface area contributed by atoms with Crippen LogP contribution in [0, 0.1) is 0 Å². The Kier molecular flexibility index (Phi) is 7.56. The summed E-state index contributed by atoms with van der Waals surface area (Å²) in [7, 11) is 0. The van der Waals surface area contributed by atoms with E-state index < -0.39 is 11.1 Å². The first kappa shape index (κ1) is 22.2. The molecule has 3 rings (SSSR count). The first-order valence-corrected chi connectivity index (χ1v) is 10.3. The molecule has 2 aromatic carbocycles. The first-order chi connectivity index (χ1) is 15.1. The van der Waals surface area contributed by atoms with Crippen LogP contribution in [0.4, 0.5) is 0 Å². The average molecular weight is 421 g/mol. The van der Waals surface area contributed by atoms with Crippen molar-refractivity contribution in [2.75, 3.05) is 19.8 Å². The summed E-state index contributed by atoms with van der Waals surface area (Å²) in [5, 5.41) is 2.86. The summed E-state index contributed by atoms with van der Waals surface area (Å²) in [5.74, 6) is -0.155. The number of benzene rings is 2. The number of para-hydroxylation sites is 2. The number of carbonyl (C=O) groups is 1. The number of hydrogen-bond acceptors (Lipinski definition) is 4.